The van der Waals surface area contributed by atoms with Gasteiger partial charge in [0.2, 0.25) is 11.8 Å². The van der Waals surface area contributed by atoms with E-state index >= 15 is 0 Å². The van der Waals surface area contributed by atoms with Crippen molar-refractivity contribution in [3.05, 3.63) is 54.3 Å². The van der Waals surface area contributed by atoms with Gasteiger partial charge in [-0.25, -0.2) is 4.79 Å². The number of nitrogen functional groups attached to an aromatic ring is 1. The van der Waals surface area contributed by atoms with Crippen LogP contribution in [-0.2, 0) is 25.5 Å². The third-order valence-electron chi connectivity index (χ3n) is 5.75. The number of nitrogens with two attached hydrogens (primary N) is 3. The van der Waals surface area contributed by atoms with Gasteiger partial charge >= 0.3 is 5.97 Å². The summed E-state index contributed by atoms with van der Waals surface area (Å²) in [6, 6.07) is 5.17. The first-order valence-corrected chi connectivity index (χ1v) is 13.0. The molecule has 0 heterocycles. The highest BCUT2D eigenvalue weighted by Gasteiger charge is 2.29. The van der Waals surface area contributed by atoms with Crippen LogP contribution < -0.4 is 27.8 Å². The molecule has 0 saturated heterocycles. The number of anilines is 1. The number of nitrogens with one attached hydrogen (secondary N) is 2. The zero-order valence-corrected chi connectivity index (χ0v) is 22.6. The van der Waals surface area contributed by atoms with Crippen molar-refractivity contribution in [3.63, 3.8) is 0 Å². The van der Waals surface area contributed by atoms with E-state index in [1.54, 1.807) is 12.2 Å². The highest BCUT2D eigenvalue weighted by molar-refractivity contribution is 5.92. The maximum absolute atomic E-state index is 13.1. The normalized spacial score (nSPS) is 14.2. The van der Waals surface area contributed by atoms with Gasteiger partial charge in [-0.1, -0.05) is 52.0 Å². The molecule has 2 amide bonds. The summed E-state index contributed by atoms with van der Waals surface area (Å²) in [6.07, 6.45) is 9.44. The Kier molecular flexibility index (Phi) is 14.9. The number of hydrogen-bond acceptors (Lipinski definition) is 7. The van der Waals surface area contributed by atoms with Crippen LogP contribution in [0.5, 0.6) is 0 Å². The summed E-state index contributed by atoms with van der Waals surface area (Å²) in [7, 11) is 0. The van der Waals surface area contributed by atoms with Crippen LogP contribution in [0.2, 0.25) is 0 Å². The molecule has 9 nitrogen and oxygen atoms in total. The number of benzene rings is 1. The zero-order valence-electron chi connectivity index (χ0n) is 22.6. The van der Waals surface area contributed by atoms with Crippen LogP contribution in [-0.4, -0.2) is 42.5 Å². The second-order valence-corrected chi connectivity index (χ2v) is 9.95. The summed E-state index contributed by atoms with van der Waals surface area (Å²) >= 11 is 0. The molecule has 1 aromatic rings. The number of esters is 1. The Balaban J connectivity index is 2.78. The van der Waals surface area contributed by atoms with Gasteiger partial charge < -0.3 is 32.6 Å². The minimum Gasteiger partial charge on any atom is -0.433 e. The van der Waals surface area contributed by atoms with Gasteiger partial charge in [0.05, 0.1) is 12.3 Å². The summed E-state index contributed by atoms with van der Waals surface area (Å²) in [5.74, 6) is -1.36. The van der Waals surface area contributed by atoms with Crippen molar-refractivity contribution in [3.8, 4) is 0 Å². The van der Waals surface area contributed by atoms with Crippen molar-refractivity contribution in [2.45, 2.75) is 77.9 Å². The first-order chi connectivity index (χ1) is 17.5. The molecule has 0 aliphatic carbocycles. The molecule has 8 N–H and O–H groups in total. The maximum Gasteiger partial charge on any atom is 0.333 e. The minimum atomic E-state index is -0.868. The second kappa shape index (κ2) is 17.3. The number of amides is 2. The first kappa shape index (κ1) is 31.9. The molecule has 9 heteroatoms. The number of carbonyl (C=O) groups excluding carboxylic acids is 3. The number of carbonyl (C=O) groups is 3. The molecule has 0 spiro atoms. The van der Waals surface area contributed by atoms with Gasteiger partial charge in [-0.05, 0) is 74.3 Å². The fourth-order valence-corrected chi connectivity index (χ4v) is 3.46. The molecule has 3 atom stereocenters. The molecule has 0 aromatic heterocycles. The lowest BCUT2D eigenvalue weighted by atomic mass is 10.00. The van der Waals surface area contributed by atoms with Gasteiger partial charge in [0.1, 0.15) is 12.1 Å². The Morgan fingerprint density at radius 2 is 1.59 bits per heavy atom. The Labute approximate surface area is 221 Å². The fraction of sp³-hybridized carbons (Fsp3) is 0.536. The molecule has 0 unspecified atom stereocenters. The van der Waals surface area contributed by atoms with E-state index in [0.717, 1.165) is 5.56 Å². The van der Waals surface area contributed by atoms with Gasteiger partial charge in [0.25, 0.3) is 0 Å². The molecule has 37 heavy (non-hydrogen) atoms. The lowest BCUT2D eigenvalue weighted by molar-refractivity contribution is -0.143. The molecule has 0 bridgehead atoms. The van der Waals surface area contributed by atoms with Crippen LogP contribution in [0.3, 0.4) is 0 Å². The van der Waals surface area contributed by atoms with Crippen LogP contribution in [0, 0.1) is 11.8 Å². The number of unbranched alkanes of at least 4 members (excludes halogenated alkanes) is 1. The topological polar surface area (TPSA) is 163 Å². The van der Waals surface area contributed by atoms with Crippen LogP contribution in [0.15, 0.2) is 48.8 Å². The van der Waals surface area contributed by atoms with E-state index in [0.29, 0.717) is 44.3 Å². The molecule has 0 saturated carbocycles. The lowest BCUT2D eigenvalue weighted by Gasteiger charge is -2.25. The lowest BCUT2D eigenvalue weighted by Crippen LogP contribution is -2.55. The third kappa shape index (κ3) is 13.1. The minimum absolute atomic E-state index is 0.0749. The molecule has 0 aliphatic heterocycles. The van der Waals surface area contributed by atoms with Gasteiger partial charge in [-0.15, -0.1) is 0 Å². The molecule has 1 rings (SSSR count). The van der Waals surface area contributed by atoms with E-state index in [9.17, 15) is 14.4 Å². The third-order valence-corrected chi connectivity index (χ3v) is 5.75. The number of ether oxygens (including phenoxy) is 1. The molecule has 0 aliphatic rings. The monoisotopic (exact) mass is 515 g/mol. The van der Waals surface area contributed by atoms with Crippen LogP contribution in [0.4, 0.5) is 5.69 Å². The van der Waals surface area contributed by atoms with Gasteiger partial charge in [0, 0.05) is 5.69 Å². The molecule has 0 fully saturated rings. The summed E-state index contributed by atoms with van der Waals surface area (Å²) in [6.45, 7) is 8.06. The Morgan fingerprint density at radius 1 is 0.946 bits per heavy atom. The number of rotatable bonds is 16. The van der Waals surface area contributed by atoms with Crippen molar-refractivity contribution in [2.75, 3.05) is 12.3 Å². The van der Waals surface area contributed by atoms with E-state index in [-0.39, 0.29) is 11.8 Å². The molecular weight excluding hydrogens is 470 g/mol. The van der Waals surface area contributed by atoms with E-state index in [1.807, 2.05) is 58.0 Å². The first-order valence-electron chi connectivity index (χ1n) is 13.0. The average molecular weight is 516 g/mol. The van der Waals surface area contributed by atoms with Crippen molar-refractivity contribution < 1.29 is 19.1 Å². The van der Waals surface area contributed by atoms with Crippen molar-refractivity contribution >= 4 is 23.5 Å². The van der Waals surface area contributed by atoms with Crippen molar-refractivity contribution in [2.24, 2.45) is 23.3 Å². The maximum atomic E-state index is 13.1. The summed E-state index contributed by atoms with van der Waals surface area (Å²) in [5.41, 5.74) is 19.1. The Bertz CT molecular complexity index is 896. The summed E-state index contributed by atoms with van der Waals surface area (Å²) < 4.78 is 5.27. The predicted octanol–water partition coefficient (Wildman–Crippen LogP) is 2.55. The van der Waals surface area contributed by atoms with Crippen LogP contribution in [0.1, 0.15) is 58.9 Å². The van der Waals surface area contributed by atoms with E-state index in [1.165, 1.54) is 6.26 Å². The fourth-order valence-electron chi connectivity index (χ4n) is 3.46. The van der Waals surface area contributed by atoms with E-state index < -0.39 is 35.9 Å². The Hall–Kier alpha value is -3.17. The molecular formula is C28H45N5O4. The SMILES string of the molecule is CC(C)C[C@H](NC(=O)[C@H](N)C(C)C)C(=O)N[C@@H](CCCCN)C(=O)OC=CC=CCc1ccc(N)cc1. The largest absolute Gasteiger partial charge is 0.433 e. The zero-order chi connectivity index (χ0) is 27.8. The van der Waals surface area contributed by atoms with Crippen LogP contribution in [0.25, 0.3) is 0 Å². The van der Waals surface area contributed by atoms with Gasteiger partial charge in [0.15, 0.2) is 0 Å². The summed E-state index contributed by atoms with van der Waals surface area (Å²) in [5, 5.41) is 5.51. The molecule has 1 aromatic carbocycles. The van der Waals surface area contributed by atoms with Gasteiger partial charge in [-0.3, -0.25) is 9.59 Å². The van der Waals surface area contributed by atoms with Crippen molar-refractivity contribution in [1.29, 1.82) is 0 Å². The van der Waals surface area contributed by atoms with Gasteiger partial charge in [-0.2, -0.15) is 0 Å². The quantitative estimate of drug-likeness (QED) is 0.0742. The Morgan fingerprint density at radius 3 is 2.19 bits per heavy atom. The van der Waals surface area contributed by atoms with Crippen LogP contribution >= 0.6 is 0 Å². The van der Waals surface area contributed by atoms with E-state index in [4.69, 9.17) is 21.9 Å². The number of hydrogen-bond donors (Lipinski definition) is 5. The smallest absolute Gasteiger partial charge is 0.333 e. The standard InChI is InChI=1S/C28H45N5O4/c1-19(2)18-24(33-27(35)25(31)20(3)4)26(34)32-23(11-7-8-16-29)28(36)37-17-9-5-6-10-21-12-14-22(30)15-13-21/h5-6,9,12-15,17,19-20,23-25H,7-8,10-11,16,18,29-31H2,1-4H3,(H,32,34)(H,33,35)/t23-,24-,25+/m0/s1. The summed E-state index contributed by atoms with van der Waals surface area (Å²) in [4.78, 5) is 38.4. The average Bonchev–Trinajstić information content (AvgIpc) is 2.85. The highest BCUT2D eigenvalue weighted by atomic mass is 16.5. The predicted molar refractivity (Wildman–Crippen MR) is 148 cm³/mol. The molecule has 206 valence electrons. The highest BCUT2D eigenvalue weighted by Crippen LogP contribution is 2.10. The van der Waals surface area contributed by atoms with Crippen molar-refractivity contribution in [1.82, 2.24) is 10.6 Å². The van der Waals surface area contributed by atoms with E-state index in [2.05, 4.69) is 10.6 Å². The molecule has 0 radical (unpaired) electrons. The second-order valence-electron chi connectivity index (χ2n) is 9.95. The number of allylic oxidation sites excluding steroid dienone is 3.